The van der Waals surface area contributed by atoms with Crippen LogP contribution in [0.15, 0.2) is 42.5 Å². The average molecular weight is 267 g/mol. The molecule has 2 nitrogen and oxygen atoms in total. The van der Waals surface area contributed by atoms with Crippen molar-refractivity contribution in [3.63, 3.8) is 0 Å². The molecule has 0 aliphatic heterocycles. The first-order chi connectivity index (χ1) is 9.76. The van der Waals surface area contributed by atoms with Gasteiger partial charge in [0, 0.05) is 6.04 Å². The lowest BCUT2D eigenvalue weighted by Gasteiger charge is -2.10. The molecule has 0 bridgehead atoms. The highest BCUT2D eigenvalue weighted by atomic mass is 16.5. The first-order valence-electron chi connectivity index (χ1n) is 7.35. The van der Waals surface area contributed by atoms with Gasteiger partial charge in [-0.3, -0.25) is 0 Å². The zero-order valence-electron chi connectivity index (χ0n) is 11.9. The van der Waals surface area contributed by atoms with Crippen molar-refractivity contribution in [2.45, 2.75) is 38.8 Å². The Morgan fingerprint density at radius 1 is 1.10 bits per heavy atom. The molecule has 0 amide bonds. The molecule has 0 saturated heterocycles. The molecule has 2 aromatic rings. The number of fused-ring (bicyclic) bond motifs is 1. The fourth-order valence-electron chi connectivity index (χ4n) is 2.75. The van der Waals surface area contributed by atoms with Crippen LogP contribution in [-0.2, 0) is 19.4 Å². The SMILES string of the molecule is CCc1ccc(COc2ccc3c(c2)CCC3N)cc1. The van der Waals surface area contributed by atoms with Gasteiger partial charge in [0.1, 0.15) is 12.4 Å². The van der Waals surface area contributed by atoms with Gasteiger partial charge in [0.2, 0.25) is 0 Å². The molecular weight excluding hydrogens is 246 g/mol. The molecule has 20 heavy (non-hydrogen) atoms. The topological polar surface area (TPSA) is 35.2 Å². The molecular formula is C18H21NO. The smallest absolute Gasteiger partial charge is 0.120 e. The Balaban J connectivity index is 1.66. The largest absolute Gasteiger partial charge is 0.489 e. The monoisotopic (exact) mass is 267 g/mol. The minimum absolute atomic E-state index is 0.209. The molecule has 0 fully saturated rings. The third-order valence-corrected chi connectivity index (χ3v) is 4.08. The van der Waals surface area contributed by atoms with E-state index in [0.29, 0.717) is 6.61 Å². The molecule has 2 N–H and O–H groups in total. The first-order valence-corrected chi connectivity index (χ1v) is 7.35. The predicted octanol–water partition coefficient (Wildman–Crippen LogP) is 3.77. The van der Waals surface area contributed by atoms with Gasteiger partial charge >= 0.3 is 0 Å². The van der Waals surface area contributed by atoms with Gasteiger partial charge in [0.15, 0.2) is 0 Å². The van der Waals surface area contributed by atoms with Gasteiger partial charge in [-0.2, -0.15) is 0 Å². The molecule has 3 rings (SSSR count). The molecule has 1 aliphatic carbocycles. The molecule has 1 unspecified atom stereocenters. The highest BCUT2D eigenvalue weighted by molar-refractivity contribution is 5.40. The molecule has 0 spiro atoms. The van der Waals surface area contributed by atoms with Crippen molar-refractivity contribution in [2.24, 2.45) is 5.73 Å². The average Bonchev–Trinajstić information content (AvgIpc) is 2.87. The van der Waals surface area contributed by atoms with E-state index >= 15 is 0 Å². The second kappa shape index (κ2) is 5.68. The summed E-state index contributed by atoms with van der Waals surface area (Å²) in [6, 6.07) is 15.1. The maximum Gasteiger partial charge on any atom is 0.120 e. The Morgan fingerprint density at radius 2 is 1.85 bits per heavy atom. The zero-order valence-corrected chi connectivity index (χ0v) is 11.9. The summed E-state index contributed by atoms with van der Waals surface area (Å²) in [5.41, 5.74) is 11.2. The normalized spacial score (nSPS) is 17.0. The summed E-state index contributed by atoms with van der Waals surface area (Å²) in [4.78, 5) is 0. The Hall–Kier alpha value is -1.80. The number of benzene rings is 2. The fourth-order valence-corrected chi connectivity index (χ4v) is 2.75. The number of aryl methyl sites for hydroxylation is 2. The lowest BCUT2D eigenvalue weighted by atomic mass is 10.1. The van der Waals surface area contributed by atoms with E-state index in [1.807, 2.05) is 6.07 Å². The van der Waals surface area contributed by atoms with Crippen LogP contribution in [0.2, 0.25) is 0 Å². The van der Waals surface area contributed by atoms with Crippen LogP contribution in [0, 0.1) is 0 Å². The number of ether oxygens (including phenoxy) is 1. The molecule has 0 aromatic heterocycles. The van der Waals surface area contributed by atoms with Crippen molar-refractivity contribution in [1.29, 1.82) is 0 Å². The van der Waals surface area contributed by atoms with Crippen LogP contribution in [0.3, 0.4) is 0 Å². The highest BCUT2D eigenvalue weighted by Crippen LogP contribution is 2.32. The summed E-state index contributed by atoms with van der Waals surface area (Å²) in [6.45, 7) is 2.79. The molecule has 104 valence electrons. The second-order valence-corrected chi connectivity index (χ2v) is 5.46. The van der Waals surface area contributed by atoms with Crippen LogP contribution >= 0.6 is 0 Å². The van der Waals surface area contributed by atoms with E-state index in [1.54, 1.807) is 0 Å². The lowest BCUT2D eigenvalue weighted by molar-refractivity contribution is 0.306. The summed E-state index contributed by atoms with van der Waals surface area (Å²) < 4.78 is 5.89. The third-order valence-electron chi connectivity index (χ3n) is 4.08. The number of rotatable bonds is 4. The minimum Gasteiger partial charge on any atom is -0.489 e. The third kappa shape index (κ3) is 2.70. The number of hydrogen-bond acceptors (Lipinski definition) is 2. The van der Waals surface area contributed by atoms with Crippen LogP contribution in [0.4, 0.5) is 0 Å². The van der Waals surface area contributed by atoms with Crippen LogP contribution in [0.25, 0.3) is 0 Å². The standard InChI is InChI=1S/C18H21NO/c1-2-13-3-5-14(6-4-13)12-20-16-8-9-17-15(11-16)7-10-18(17)19/h3-6,8-9,11,18H,2,7,10,12,19H2,1H3. The molecule has 2 heteroatoms. The van der Waals surface area contributed by atoms with E-state index in [9.17, 15) is 0 Å². The van der Waals surface area contributed by atoms with Gasteiger partial charge in [-0.05, 0) is 53.6 Å². The fraction of sp³-hybridized carbons (Fsp3) is 0.333. The molecule has 0 heterocycles. The summed E-state index contributed by atoms with van der Waals surface area (Å²) >= 11 is 0. The van der Waals surface area contributed by atoms with Crippen molar-refractivity contribution >= 4 is 0 Å². The van der Waals surface area contributed by atoms with E-state index < -0.39 is 0 Å². The van der Waals surface area contributed by atoms with E-state index in [1.165, 1.54) is 22.3 Å². The Labute approximate surface area is 120 Å². The maximum absolute atomic E-state index is 6.05. The van der Waals surface area contributed by atoms with Crippen molar-refractivity contribution < 1.29 is 4.74 Å². The quantitative estimate of drug-likeness (QED) is 0.915. The van der Waals surface area contributed by atoms with Gasteiger partial charge in [0.25, 0.3) is 0 Å². The van der Waals surface area contributed by atoms with E-state index in [2.05, 4.69) is 43.3 Å². The first kappa shape index (κ1) is 13.2. The van der Waals surface area contributed by atoms with Crippen molar-refractivity contribution in [3.8, 4) is 5.75 Å². The number of hydrogen-bond donors (Lipinski definition) is 1. The summed E-state index contributed by atoms with van der Waals surface area (Å²) in [7, 11) is 0. The summed E-state index contributed by atoms with van der Waals surface area (Å²) in [5.74, 6) is 0.942. The second-order valence-electron chi connectivity index (χ2n) is 5.46. The summed E-state index contributed by atoms with van der Waals surface area (Å²) in [6.07, 6.45) is 3.20. The Kier molecular flexibility index (Phi) is 3.75. The molecule has 2 aromatic carbocycles. The molecule has 1 aliphatic rings. The van der Waals surface area contributed by atoms with Gasteiger partial charge in [-0.15, -0.1) is 0 Å². The predicted molar refractivity (Wildman–Crippen MR) is 81.8 cm³/mol. The Morgan fingerprint density at radius 3 is 2.60 bits per heavy atom. The van der Waals surface area contributed by atoms with Crippen molar-refractivity contribution in [2.75, 3.05) is 0 Å². The number of nitrogens with two attached hydrogens (primary N) is 1. The van der Waals surface area contributed by atoms with Gasteiger partial charge < -0.3 is 10.5 Å². The Bertz CT molecular complexity index is 589. The van der Waals surface area contributed by atoms with Crippen LogP contribution in [-0.4, -0.2) is 0 Å². The lowest BCUT2D eigenvalue weighted by Crippen LogP contribution is -2.05. The highest BCUT2D eigenvalue weighted by Gasteiger charge is 2.18. The van der Waals surface area contributed by atoms with Crippen molar-refractivity contribution in [1.82, 2.24) is 0 Å². The van der Waals surface area contributed by atoms with Gasteiger partial charge in [-0.25, -0.2) is 0 Å². The molecule has 1 atom stereocenters. The summed E-state index contributed by atoms with van der Waals surface area (Å²) in [5, 5.41) is 0. The van der Waals surface area contributed by atoms with E-state index in [0.717, 1.165) is 25.0 Å². The van der Waals surface area contributed by atoms with E-state index in [-0.39, 0.29) is 6.04 Å². The molecule has 0 saturated carbocycles. The van der Waals surface area contributed by atoms with Crippen LogP contribution in [0.1, 0.15) is 41.6 Å². The van der Waals surface area contributed by atoms with Crippen LogP contribution < -0.4 is 10.5 Å². The van der Waals surface area contributed by atoms with Crippen molar-refractivity contribution in [3.05, 3.63) is 64.7 Å². The zero-order chi connectivity index (χ0) is 13.9. The van der Waals surface area contributed by atoms with Gasteiger partial charge in [0.05, 0.1) is 0 Å². The molecule has 0 radical (unpaired) electrons. The maximum atomic E-state index is 6.05. The van der Waals surface area contributed by atoms with Crippen LogP contribution in [0.5, 0.6) is 5.75 Å². The van der Waals surface area contributed by atoms with Gasteiger partial charge in [-0.1, -0.05) is 37.3 Å². The van der Waals surface area contributed by atoms with E-state index in [4.69, 9.17) is 10.5 Å². The minimum atomic E-state index is 0.209.